The minimum atomic E-state index is 0.547. The Hall–Kier alpha value is -2.54. The molecule has 0 N–H and O–H groups in total. The number of hydrogen-bond donors (Lipinski definition) is 0. The number of nitrogens with zero attached hydrogens (tertiary/aromatic N) is 2. The zero-order chi connectivity index (χ0) is 13.0. The van der Waals surface area contributed by atoms with E-state index in [0.717, 1.165) is 11.1 Å². The van der Waals surface area contributed by atoms with Crippen molar-refractivity contribution in [3.05, 3.63) is 42.1 Å². The molecule has 90 valence electrons. The van der Waals surface area contributed by atoms with Crippen LogP contribution in [0.25, 0.3) is 11.1 Å². The summed E-state index contributed by atoms with van der Waals surface area (Å²) in [6.07, 6.45) is 1.68. The van der Waals surface area contributed by atoms with Crippen molar-refractivity contribution in [3.8, 4) is 28.8 Å². The van der Waals surface area contributed by atoms with Gasteiger partial charge >= 0.3 is 0 Å². The van der Waals surface area contributed by atoms with Gasteiger partial charge in [0, 0.05) is 23.4 Å². The lowest BCUT2D eigenvalue weighted by atomic mass is 10.0. The van der Waals surface area contributed by atoms with E-state index in [1.165, 1.54) is 0 Å². The lowest BCUT2D eigenvalue weighted by Gasteiger charge is -2.07. The van der Waals surface area contributed by atoms with Gasteiger partial charge in [-0.1, -0.05) is 0 Å². The van der Waals surface area contributed by atoms with E-state index in [1.54, 1.807) is 32.5 Å². The molecule has 0 aliphatic heterocycles. The van der Waals surface area contributed by atoms with Crippen LogP contribution in [0.4, 0.5) is 0 Å². The molecule has 0 fully saturated rings. The van der Waals surface area contributed by atoms with Crippen molar-refractivity contribution in [3.63, 3.8) is 0 Å². The Morgan fingerprint density at radius 3 is 2.50 bits per heavy atom. The van der Waals surface area contributed by atoms with Crippen molar-refractivity contribution in [2.45, 2.75) is 0 Å². The van der Waals surface area contributed by atoms with E-state index < -0.39 is 0 Å². The van der Waals surface area contributed by atoms with Crippen molar-refractivity contribution in [1.82, 2.24) is 4.98 Å². The number of nitriles is 1. The van der Waals surface area contributed by atoms with Crippen LogP contribution < -0.4 is 9.47 Å². The van der Waals surface area contributed by atoms with Gasteiger partial charge in [-0.2, -0.15) is 5.26 Å². The van der Waals surface area contributed by atoms with Gasteiger partial charge in [-0.3, -0.25) is 0 Å². The van der Waals surface area contributed by atoms with E-state index >= 15 is 0 Å². The van der Waals surface area contributed by atoms with Gasteiger partial charge in [-0.25, -0.2) is 4.98 Å². The van der Waals surface area contributed by atoms with Crippen LogP contribution >= 0.6 is 0 Å². The zero-order valence-corrected chi connectivity index (χ0v) is 10.2. The Balaban J connectivity index is 2.46. The van der Waals surface area contributed by atoms with E-state index in [9.17, 15) is 0 Å². The van der Waals surface area contributed by atoms with Crippen molar-refractivity contribution in [2.24, 2.45) is 0 Å². The molecule has 2 aromatic rings. The molecule has 2 rings (SSSR count). The van der Waals surface area contributed by atoms with Gasteiger partial charge in [0.25, 0.3) is 0 Å². The topological polar surface area (TPSA) is 55.1 Å². The quantitative estimate of drug-likeness (QED) is 0.827. The fourth-order valence-electron chi connectivity index (χ4n) is 1.65. The molecule has 0 atom stereocenters. The lowest BCUT2D eigenvalue weighted by Crippen LogP contribution is -1.90. The maximum Gasteiger partial charge on any atom is 0.212 e. The zero-order valence-electron chi connectivity index (χ0n) is 10.2. The van der Waals surface area contributed by atoms with Gasteiger partial charge in [-0.15, -0.1) is 0 Å². The molecule has 0 saturated carbocycles. The molecular formula is C14H12N2O2. The average molecular weight is 240 g/mol. The van der Waals surface area contributed by atoms with Crippen LogP contribution in [0.15, 0.2) is 36.5 Å². The van der Waals surface area contributed by atoms with Gasteiger partial charge in [0.05, 0.1) is 25.9 Å². The minimum Gasteiger partial charge on any atom is -0.497 e. The summed E-state index contributed by atoms with van der Waals surface area (Å²) in [5.41, 5.74) is 2.25. The molecule has 0 amide bonds. The Kier molecular flexibility index (Phi) is 3.44. The Morgan fingerprint density at radius 1 is 1.11 bits per heavy atom. The first-order valence-electron chi connectivity index (χ1n) is 5.37. The van der Waals surface area contributed by atoms with E-state index in [0.29, 0.717) is 17.2 Å². The number of ether oxygens (including phenoxy) is 2. The number of rotatable bonds is 3. The van der Waals surface area contributed by atoms with Crippen molar-refractivity contribution in [2.75, 3.05) is 14.2 Å². The first kappa shape index (κ1) is 11.9. The van der Waals surface area contributed by atoms with Gasteiger partial charge < -0.3 is 9.47 Å². The van der Waals surface area contributed by atoms with Crippen molar-refractivity contribution in [1.29, 1.82) is 5.26 Å². The molecule has 0 saturated heterocycles. The Labute approximate surface area is 105 Å². The predicted molar refractivity (Wildman–Crippen MR) is 67.5 cm³/mol. The van der Waals surface area contributed by atoms with Gasteiger partial charge in [-0.05, 0) is 24.3 Å². The molecule has 0 unspecified atom stereocenters. The van der Waals surface area contributed by atoms with Crippen LogP contribution in [-0.4, -0.2) is 19.2 Å². The van der Waals surface area contributed by atoms with Crippen LogP contribution in [0, 0.1) is 11.3 Å². The molecule has 4 heteroatoms. The predicted octanol–water partition coefficient (Wildman–Crippen LogP) is 2.64. The second-order valence-electron chi connectivity index (χ2n) is 3.61. The molecule has 18 heavy (non-hydrogen) atoms. The summed E-state index contributed by atoms with van der Waals surface area (Å²) in [5, 5.41) is 9.15. The summed E-state index contributed by atoms with van der Waals surface area (Å²) < 4.78 is 10.1. The molecule has 1 aromatic carbocycles. The average Bonchev–Trinajstić information content (AvgIpc) is 2.46. The third-order valence-corrected chi connectivity index (χ3v) is 2.60. The van der Waals surface area contributed by atoms with E-state index in [1.807, 2.05) is 18.2 Å². The molecule has 1 heterocycles. The van der Waals surface area contributed by atoms with E-state index in [4.69, 9.17) is 14.7 Å². The lowest BCUT2D eigenvalue weighted by molar-refractivity contribution is 0.398. The number of pyridine rings is 1. The van der Waals surface area contributed by atoms with Crippen LogP contribution in [0.1, 0.15) is 5.56 Å². The van der Waals surface area contributed by atoms with Gasteiger partial charge in [0.15, 0.2) is 0 Å². The maximum absolute atomic E-state index is 9.15. The highest BCUT2D eigenvalue weighted by Gasteiger charge is 2.07. The first-order chi connectivity index (χ1) is 8.78. The molecule has 0 spiro atoms. The van der Waals surface area contributed by atoms with Crippen molar-refractivity contribution >= 4 is 0 Å². The van der Waals surface area contributed by atoms with Crippen LogP contribution in [-0.2, 0) is 0 Å². The van der Waals surface area contributed by atoms with E-state index in [2.05, 4.69) is 11.1 Å². The SMILES string of the molecule is COc1ccc(-c2ccc(OC)nc2)c(C#N)c1. The van der Waals surface area contributed by atoms with Crippen LogP contribution in [0.3, 0.4) is 0 Å². The summed E-state index contributed by atoms with van der Waals surface area (Å²) in [5.74, 6) is 1.21. The smallest absolute Gasteiger partial charge is 0.212 e. The highest BCUT2D eigenvalue weighted by Crippen LogP contribution is 2.27. The van der Waals surface area contributed by atoms with Crippen LogP contribution in [0.2, 0.25) is 0 Å². The first-order valence-corrected chi connectivity index (χ1v) is 5.37. The monoisotopic (exact) mass is 240 g/mol. The second-order valence-corrected chi connectivity index (χ2v) is 3.61. The Bertz CT molecular complexity index is 586. The molecule has 0 bridgehead atoms. The number of methoxy groups -OCH3 is 2. The fourth-order valence-corrected chi connectivity index (χ4v) is 1.65. The van der Waals surface area contributed by atoms with E-state index in [-0.39, 0.29) is 0 Å². The molecule has 4 nitrogen and oxygen atoms in total. The standard InChI is InChI=1S/C14H12N2O2/c1-17-12-4-5-13(11(7-12)8-15)10-3-6-14(18-2)16-9-10/h3-7,9H,1-2H3. The van der Waals surface area contributed by atoms with Gasteiger partial charge in [0.2, 0.25) is 5.88 Å². The summed E-state index contributed by atoms with van der Waals surface area (Å²) in [7, 11) is 3.14. The molecule has 1 aromatic heterocycles. The minimum absolute atomic E-state index is 0.547. The highest BCUT2D eigenvalue weighted by atomic mass is 16.5. The molecule has 0 aliphatic rings. The second kappa shape index (κ2) is 5.19. The number of hydrogen-bond acceptors (Lipinski definition) is 4. The van der Waals surface area contributed by atoms with Crippen LogP contribution in [0.5, 0.6) is 11.6 Å². The molecular weight excluding hydrogens is 228 g/mol. The van der Waals surface area contributed by atoms with Gasteiger partial charge in [0.1, 0.15) is 5.75 Å². The number of benzene rings is 1. The number of aromatic nitrogens is 1. The molecule has 0 aliphatic carbocycles. The summed E-state index contributed by atoms with van der Waals surface area (Å²) in [4.78, 5) is 4.13. The summed E-state index contributed by atoms with van der Waals surface area (Å²) >= 11 is 0. The molecule has 0 radical (unpaired) electrons. The maximum atomic E-state index is 9.15. The highest BCUT2D eigenvalue weighted by molar-refractivity contribution is 5.71. The summed E-state index contributed by atoms with van der Waals surface area (Å²) in [6.45, 7) is 0. The third kappa shape index (κ3) is 2.25. The normalized spacial score (nSPS) is 9.61. The van der Waals surface area contributed by atoms with Crippen molar-refractivity contribution < 1.29 is 9.47 Å². The Morgan fingerprint density at radius 2 is 1.94 bits per heavy atom. The fraction of sp³-hybridized carbons (Fsp3) is 0.143. The largest absolute Gasteiger partial charge is 0.497 e. The third-order valence-electron chi connectivity index (χ3n) is 2.60. The summed E-state index contributed by atoms with van der Waals surface area (Å²) in [6, 6.07) is 11.2.